The van der Waals surface area contributed by atoms with Crippen molar-refractivity contribution in [3.05, 3.63) is 51.4 Å². The SMILES string of the molecule is Cc1cc(CN2CCN(c3ccc(C(F)(F)F)cc3[N+](=O)[O-])CC2)on1. The minimum Gasteiger partial charge on any atom is -0.363 e. The number of alkyl halides is 3. The molecule has 1 aromatic carbocycles. The molecule has 7 nitrogen and oxygen atoms in total. The summed E-state index contributed by atoms with van der Waals surface area (Å²) in [7, 11) is 0. The number of halogens is 3. The van der Waals surface area contributed by atoms with Crippen LogP contribution in [0.5, 0.6) is 0 Å². The Kier molecular flexibility index (Phi) is 4.86. The van der Waals surface area contributed by atoms with Crippen LogP contribution in [0.25, 0.3) is 0 Å². The van der Waals surface area contributed by atoms with Crippen LogP contribution >= 0.6 is 0 Å². The number of aryl methyl sites for hydroxylation is 1. The number of benzene rings is 1. The van der Waals surface area contributed by atoms with Gasteiger partial charge in [0.2, 0.25) is 0 Å². The second-order valence-corrected chi connectivity index (χ2v) is 6.16. The van der Waals surface area contributed by atoms with Crippen LogP contribution in [0.3, 0.4) is 0 Å². The van der Waals surface area contributed by atoms with Crippen molar-refractivity contribution in [1.29, 1.82) is 0 Å². The molecule has 10 heteroatoms. The normalized spacial score (nSPS) is 16.1. The van der Waals surface area contributed by atoms with Gasteiger partial charge in [0.05, 0.1) is 22.7 Å². The van der Waals surface area contributed by atoms with Crippen molar-refractivity contribution in [1.82, 2.24) is 10.1 Å². The number of nitro benzene ring substituents is 1. The lowest BCUT2D eigenvalue weighted by Gasteiger charge is -2.35. The van der Waals surface area contributed by atoms with Crippen LogP contribution in [0.2, 0.25) is 0 Å². The highest BCUT2D eigenvalue weighted by Gasteiger charge is 2.34. The van der Waals surface area contributed by atoms with Crippen molar-refractivity contribution in [2.24, 2.45) is 0 Å². The number of hydrogen-bond acceptors (Lipinski definition) is 6. The van der Waals surface area contributed by atoms with Gasteiger partial charge in [0.15, 0.2) is 5.76 Å². The molecule has 0 N–H and O–H groups in total. The Morgan fingerprint density at radius 3 is 2.46 bits per heavy atom. The van der Waals surface area contributed by atoms with E-state index in [2.05, 4.69) is 10.1 Å². The third-order valence-corrected chi connectivity index (χ3v) is 4.27. The first-order valence-corrected chi connectivity index (χ1v) is 7.99. The lowest BCUT2D eigenvalue weighted by Crippen LogP contribution is -2.46. The lowest BCUT2D eigenvalue weighted by atomic mass is 10.1. The van der Waals surface area contributed by atoms with Crippen molar-refractivity contribution in [2.45, 2.75) is 19.6 Å². The molecule has 0 atom stereocenters. The molecule has 1 saturated heterocycles. The fourth-order valence-electron chi connectivity index (χ4n) is 2.97. The topological polar surface area (TPSA) is 75.7 Å². The zero-order valence-corrected chi connectivity index (χ0v) is 14.0. The lowest BCUT2D eigenvalue weighted by molar-refractivity contribution is -0.384. The standard InChI is InChI=1S/C16H17F3N4O3/c1-11-8-13(26-20-11)10-21-4-6-22(7-5-21)14-3-2-12(16(17,18)19)9-15(14)23(24)25/h2-3,8-9H,4-7,10H2,1H3. The van der Waals surface area contributed by atoms with E-state index in [4.69, 9.17) is 4.52 Å². The van der Waals surface area contributed by atoms with Crippen molar-refractivity contribution in [3.8, 4) is 0 Å². The minimum absolute atomic E-state index is 0.207. The van der Waals surface area contributed by atoms with E-state index in [0.717, 1.165) is 17.5 Å². The molecule has 2 heterocycles. The number of hydrogen-bond donors (Lipinski definition) is 0. The Morgan fingerprint density at radius 1 is 1.23 bits per heavy atom. The number of nitrogens with zero attached hydrogens (tertiary/aromatic N) is 4. The molecule has 0 radical (unpaired) electrons. The molecule has 0 saturated carbocycles. The minimum atomic E-state index is -4.61. The molecular formula is C16H17F3N4O3. The Hall–Kier alpha value is -2.62. The van der Waals surface area contributed by atoms with E-state index in [1.807, 2.05) is 13.0 Å². The van der Waals surface area contributed by atoms with Crippen LogP contribution in [-0.2, 0) is 12.7 Å². The van der Waals surface area contributed by atoms with Gasteiger partial charge in [0.25, 0.3) is 5.69 Å². The third-order valence-electron chi connectivity index (χ3n) is 4.27. The first kappa shape index (κ1) is 18.2. The average molecular weight is 370 g/mol. The van der Waals surface area contributed by atoms with E-state index < -0.39 is 22.4 Å². The summed E-state index contributed by atoms with van der Waals surface area (Å²) >= 11 is 0. The second-order valence-electron chi connectivity index (χ2n) is 6.16. The van der Waals surface area contributed by atoms with Crippen molar-refractivity contribution in [3.63, 3.8) is 0 Å². The monoisotopic (exact) mass is 370 g/mol. The van der Waals surface area contributed by atoms with E-state index >= 15 is 0 Å². The van der Waals surface area contributed by atoms with Gasteiger partial charge in [-0.2, -0.15) is 13.2 Å². The fourth-order valence-corrected chi connectivity index (χ4v) is 2.97. The summed E-state index contributed by atoms with van der Waals surface area (Å²) in [4.78, 5) is 14.3. The predicted molar refractivity (Wildman–Crippen MR) is 86.8 cm³/mol. The molecule has 0 unspecified atom stereocenters. The van der Waals surface area contributed by atoms with E-state index in [-0.39, 0.29) is 5.69 Å². The summed E-state index contributed by atoms with van der Waals surface area (Å²) in [5.41, 5.74) is -0.552. The maximum Gasteiger partial charge on any atom is 0.416 e. The molecule has 1 fully saturated rings. The van der Waals surface area contributed by atoms with Gasteiger partial charge in [-0.15, -0.1) is 0 Å². The average Bonchev–Trinajstić information content (AvgIpc) is 2.99. The summed E-state index contributed by atoms with van der Waals surface area (Å²) in [5.74, 6) is 0.733. The quantitative estimate of drug-likeness (QED) is 0.608. The van der Waals surface area contributed by atoms with Crippen LogP contribution in [-0.4, -0.2) is 41.2 Å². The predicted octanol–water partition coefficient (Wildman–Crippen LogP) is 3.23. The highest BCUT2D eigenvalue weighted by Crippen LogP contribution is 2.36. The Labute approximate surface area is 147 Å². The first-order chi connectivity index (χ1) is 12.2. The van der Waals surface area contributed by atoms with Crippen LogP contribution in [0.15, 0.2) is 28.8 Å². The number of aromatic nitrogens is 1. The van der Waals surface area contributed by atoms with Gasteiger partial charge < -0.3 is 9.42 Å². The first-order valence-electron chi connectivity index (χ1n) is 7.99. The molecule has 1 aliphatic rings. The smallest absolute Gasteiger partial charge is 0.363 e. The molecule has 2 aromatic rings. The summed E-state index contributed by atoms with van der Waals surface area (Å²) in [6, 6.07) is 4.49. The summed E-state index contributed by atoms with van der Waals surface area (Å²) in [6.45, 7) is 4.56. The number of anilines is 1. The molecule has 140 valence electrons. The summed E-state index contributed by atoms with van der Waals surface area (Å²) in [5, 5.41) is 15.1. The largest absolute Gasteiger partial charge is 0.416 e. The van der Waals surface area contributed by atoms with Crippen molar-refractivity contribution >= 4 is 11.4 Å². The number of rotatable bonds is 4. The summed E-state index contributed by atoms with van der Waals surface area (Å²) in [6.07, 6.45) is -4.61. The van der Waals surface area contributed by atoms with Gasteiger partial charge >= 0.3 is 6.18 Å². The summed E-state index contributed by atoms with van der Waals surface area (Å²) < 4.78 is 43.6. The Bertz CT molecular complexity index is 798. The maximum absolute atomic E-state index is 12.8. The second kappa shape index (κ2) is 6.94. The molecule has 0 bridgehead atoms. The van der Waals surface area contributed by atoms with Crippen LogP contribution < -0.4 is 4.90 Å². The van der Waals surface area contributed by atoms with E-state index in [9.17, 15) is 23.3 Å². The van der Waals surface area contributed by atoms with Gasteiger partial charge in [-0.1, -0.05) is 5.16 Å². The van der Waals surface area contributed by atoms with Crippen LogP contribution in [0.4, 0.5) is 24.5 Å². The van der Waals surface area contributed by atoms with Gasteiger partial charge in [-0.25, -0.2) is 0 Å². The van der Waals surface area contributed by atoms with Crippen molar-refractivity contribution < 1.29 is 22.6 Å². The van der Waals surface area contributed by atoms with E-state index in [1.165, 1.54) is 6.07 Å². The maximum atomic E-state index is 12.8. The molecule has 1 aliphatic heterocycles. The van der Waals surface area contributed by atoms with Gasteiger partial charge in [-0.05, 0) is 19.1 Å². The van der Waals surface area contributed by atoms with Crippen LogP contribution in [0.1, 0.15) is 17.0 Å². The molecule has 3 rings (SSSR count). The third kappa shape index (κ3) is 3.96. The molecule has 0 spiro atoms. The highest BCUT2D eigenvalue weighted by atomic mass is 19.4. The van der Waals surface area contributed by atoms with Gasteiger partial charge in [-0.3, -0.25) is 15.0 Å². The zero-order valence-electron chi connectivity index (χ0n) is 14.0. The highest BCUT2D eigenvalue weighted by molar-refractivity contribution is 5.65. The van der Waals surface area contributed by atoms with E-state index in [1.54, 1.807) is 4.90 Å². The molecule has 26 heavy (non-hydrogen) atoms. The molecule has 0 aliphatic carbocycles. The molecular weight excluding hydrogens is 353 g/mol. The molecule has 1 aromatic heterocycles. The Balaban J connectivity index is 1.71. The van der Waals surface area contributed by atoms with Crippen molar-refractivity contribution in [2.75, 3.05) is 31.1 Å². The number of nitro groups is 1. The number of piperazine rings is 1. The zero-order chi connectivity index (χ0) is 18.9. The van der Waals surface area contributed by atoms with E-state index in [0.29, 0.717) is 38.8 Å². The fraction of sp³-hybridized carbons (Fsp3) is 0.438. The Morgan fingerprint density at radius 2 is 1.92 bits per heavy atom. The molecule has 0 amide bonds. The van der Waals surface area contributed by atoms with Gasteiger partial charge in [0, 0.05) is 38.3 Å². The van der Waals surface area contributed by atoms with Crippen LogP contribution in [0, 0.1) is 17.0 Å². The van der Waals surface area contributed by atoms with Gasteiger partial charge in [0.1, 0.15) is 5.69 Å².